The van der Waals surface area contributed by atoms with Gasteiger partial charge in [-0.1, -0.05) is 29.8 Å². The van der Waals surface area contributed by atoms with E-state index < -0.39 is 28.5 Å². The van der Waals surface area contributed by atoms with Crippen molar-refractivity contribution in [3.63, 3.8) is 0 Å². The summed E-state index contributed by atoms with van der Waals surface area (Å²) in [5, 5.41) is 2.53. The molecule has 0 aliphatic heterocycles. The first-order chi connectivity index (χ1) is 14.6. The van der Waals surface area contributed by atoms with Gasteiger partial charge in [0.2, 0.25) is 10.0 Å². The van der Waals surface area contributed by atoms with Gasteiger partial charge in [0.05, 0.1) is 11.6 Å². The van der Waals surface area contributed by atoms with Crippen LogP contribution in [0.2, 0.25) is 5.02 Å². The van der Waals surface area contributed by atoms with E-state index in [2.05, 4.69) is 5.32 Å². The van der Waals surface area contributed by atoms with E-state index in [0.29, 0.717) is 18.8 Å². The first kappa shape index (κ1) is 24.6. The average molecular weight is 469 g/mol. The highest BCUT2D eigenvalue weighted by molar-refractivity contribution is 7.89. The van der Waals surface area contributed by atoms with E-state index in [0.717, 1.165) is 9.87 Å². The van der Waals surface area contributed by atoms with Crippen molar-refractivity contribution in [3.05, 3.63) is 53.1 Å². The summed E-state index contributed by atoms with van der Waals surface area (Å²) in [6, 6.07) is 11.5. The molecular weight excluding hydrogens is 444 g/mol. The Kier molecular flexibility index (Phi) is 8.85. The van der Waals surface area contributed by atoms with Gasteiger partial charge in [0.1, 0.15) is 10.6 Å². The summed E-state index contributed by atoms with van der Waals surface area (Å²) in [7, 11) is -1.02. The molecule has 168 valence electrons. The van der Waals surface area contributed by atoms with Crippen molar-refractivity contribution in [2.24, 2.45) is 0 Å². The largest absolute Gasteiger partial charge is 0.494 e. The lowest BCUT2D eigenvalue weighted by molar-refractivity contribution is -0.147. The molecule has 2 aromatic carbocycles. The maximum Gasteiger partial charge on any atom is 0.306 e. The predicted octanol–water partition coefficient (Wildman–Crippen LogP) is 3.10. The molecule has 1 N–H and O–H groups in total. The van der Waals surface area contributed by atoms with Gasteiger partial charge in [0.15, 0.2) is 6.61 Å². The van der Waals surface area contributed by atoms with Crippen molar-refractivity contribution in [2.75, 3.05) is 32.6 Å². The molecule has 8 nitrogen and oxygen atoms in total. The second-order valence-electron chi connectivity index (χ2n) is 6.68. The number of rotatable bonds is 10. The molecule has 2 aromatic rings. The summed E-state index contributed by atoms with van der Waals surface area (Å²) in [4.78, 5) is 24.0. The number of amides is 1. The summed E-state index contributed by atoms with van der Waals surface area (Å²) in [5.41, 5.74) is 1.10. The number of carbonyl (C=O) groups is 2. The standard InChI is InChI=1S/C21H25ClN2O6S/c1-4-29-18-8-6-5-7-15(18)9-12-21(26)30-14-20(25)23-16-10-11-17(22)19(13-16)31(27,28)24(2)3/h5-8,10-11,13H,4,9,12,14H2,1-3H3,(H,23,25). The lowest BCUT2D eigenvalue weighted by atomic mass is 10.1. The fourth-order valence-corrected chi connectivity index (χ4v) is 4.03. The van der Waals surface area contributed by atoms with Crippen LogP contribution in [0.15, 0.2) is 47.4 Å². The van der Waals surface area contributed by atoms with E-state index in [-0.39, 0.29) is 22.0 Å². The van der Waals surface area contributed by atoms with E-state index in [9.17, 15) is 18.0 Å². The van der Waals surface area contributed by atoms with Crippen LogP contribution in [0.5, 0.6) is 5.75 Å². The number of anilines is 1. The van der Waals surface area contributed by atoms with Crippen LogP contribution < -0.4 is 10.1 Å². The zero-order valence-electron chi connectivity index (χ0n) is 17.6. The number of halogens is 1. The highest BCUT2D eigenvalue weighted by Gasteiger charge is 2.21. The lowest BCUT2D eigenvalue weighted by Gasteiger charge is -2.14. The maximum absolute atomic E-state index is 12.3. The van der Waals surface area contributed by atoms with Gasteiger partial charge in [-0.25, -0.2) is 12.7 Å². The number of nitrogens with one attached hydrogen (secondary N) is 1. The Balaban J connectivity index is 1.90. The third kappa shape index (κ3) is 6.95. The van der Waals surface area contributed by atoms with E-state index in [1.54, 1.807) is 0 Å². The predicted molar refractivity (Wildman–Crippen MR) is 118 cm³/mol. The molecule has 0 fully saturated rings. The Bertz CT molecular complexity index is 1040. The van der Waals surface area contributed by atoms with Crippen molar-refractivity contribution in [1.82, 2.24) is 4.31 Å². The third-order valence-electron chi connectivity index (χ3n) is 4.21. The normalized spacial score (nSPS) is 11.3. The minimum Gasteiger partial charge on any atom is -0.494 e. The van der Waals surface area contributed by atoms with Crippen LogP contribution in [0.1, 0.15) is 18.9 Å². The number of carbonyl (C=O) groups excluding carboxylic acids is 2. The molecule has 2 rings (SSSR count). The number of para-hydroxylation sites is 1. The molecule has 0 saturated heterocycles. The second-order valence-corrected chi connectivity index (χ2v) is 9.21. The van der Waals surface area contributed by atoms with Crippen LogP contribution in [0.3, 0.4) is 0 Å². The van der Waals surface area contributed by atoms with E-state index in [1.807, 2.05) is 31.2 Å². The molecule has 0 spiro atoms. The van der Waals surface area contributed by atoms with Gasteiger partial charge in [-0.3, -0.25) is 9.59 Å². The van der Waals surface area contributed by atoms with E-state index >= 15 is 0 Å². The van der Waals surface area contributed by atoms with Gasteiger partial charge in [-0.2, -0.15) is 0 Å². The topological polar surface area (TPSA) is 102 Å². The van der Waals surface area contributed by atoms with Gasteiger partial charge < -0.3 is 14.8 Å². The van der Waals surface area contributed by atoms with Crippen molar-refractivity contribution >= 4 is 39.2 Å². The number of esters is 1. The van der Waals surface area contributed by atoms with Gasteiger partial charge >= 0.3 is 5.97 Å². The zero-order chi connectivity index (χ0) is 23.0. The van der Waals surface area contributed by atoms with Crippen molar-refractivity contribution in [2.45, 2.75) is 24.7 Å². The smallest absolute Gasteiger partial charge is 0.306 e. The van der Waals surface area contributed by atoms with Gasteiger partial charge in [-0.05, 0) is 43.2 Å². The Labute approximate surface area is 187 Å². The van der Waals surface area contributed by atoms with Crippen LogP contribution in [-0.2, 0) is 30.8 Å². The number of ether oxygens (including phenoxy) is 2. The molecule has 0 bridgehead atoms. The number of benzene rings is 2. The quantitative estimate of drug-likeness (QED) is 0.537. The van der Waals surface area contributed by atoms with Gasteiger partial charge in [0.25, 0.3) is 5.91 Å². The number of aryl methyl sites for hydroxylation is 1. The van der Waals surface area contributed by atoms with Crippen LogP contribution in [0, 0.1) is 0 Å². The Morgan fingerprint density at radius 3 is 2.52 bits per heavy atom. The van der Waals surface area contributed by atoms with Crippen LogP contribution in [0.25, 0.3) is 0 Å². The van der Waals surface area contributed by atoms with Crippen LogP contribution in [0.4, 0.5) is 5.69 Å². The van der Waals surface area contributed by atoms with Gasteiger partial charge in [-0.15, -0.1) is 0 Å². The third-order valence-corrected chi connectivity index (χ3v) is 6.51. The van der Waals surface area contributed by atoms with Crippen LogP contribution in [-0.4, -0.2) is 51.9 Å². The number of hydrogen-bond donors (Lipinski definition) is 1. The molecule has 10 heteroatoms. The van der Waals surface area contributed by atoms with Gasteiger partial charge in [0, 0.05) is 26.2 Å². The average Bonchev–Trinajstić information content (AvgIpc) is 2.73. The molecule has 0 aliphatic rings. The summed E-state index contributed by atoms with van der Waals surface area (Å²) in [6.45, 7) is 1.90. The Morgan fingerprint density at radius 2 is 1.84 bits per heavy atom. The minimum absolute atomic E-state index is 0.0328. The van der Waals surface area contributed by atoms with Crippen molar-refractivity contribution < 1.29 is 27.5 Å². The highest BCUT2D eigenvalue weighted by Crippen LogP contribution is 2.27. The molecule has 0 heterocycles. The number of hydrogen-bond acceptors (Lipinski definition) is 6. The molecule has 0 aliphatic carbocycles. The highest BCUT2D eigenvalue weighted by atomic mass is 35.5. The summed E-state index contributed by atoms with van der Waals surface area (Å²) >= 11 is 5.98. The number of sulfonamides is 1. The zero-order valence-corrected chi connectivity index (χ0v) is 19.1. The molecule has 31 heavy (non-hydrogen) atoms. The summed E-state index contributed by atoms with van der Waals surface area (Å²) in [5.74, 6) is -0.422. The van der Waals surface area contributed by atoms with Crippen molar-refractivity contribution in [1.29, 1.82) is 0 Å². The molecular formula is C21H25ClN2O6S. The van der Waals surface area contributed by atoms with E-state index in [4.69, 9.17) is 21.1 Å². The maximum atomic E-state index is 12.3. The first-order valence-electron chi connectivity index (χ1n) is 9.53. The molecule has 0 aromatic heterocycles. The fourth-order valence-electron chi connectivity index (χ4n) is 2.63. The molecule has 0 unspecified atom stereocenters. The lowest BCUT2D eigenvalue weighted by Crippen LogP contribution is -2.23. The molecule has 1 amide bonds. The Morgan fingerprint density at radius 1 is 1.13 bits per heavy atom. The molecule has 0 saturated carbocycles. The fraction of sp³-hybridized carbons (Fsp3) is 0.333. The number of nitrogens with zero attached hydrogens (tertiary/aromatic N) is 1. The Hall–Kier alpha value is -2.62. The SMILES string of the molecule is CCOc1ccccc1CCC(=O)OCC(=O)Nc1ccc(Cl)c(S(=O)(=O)N(C)C)c1. The summed E-state index contributed by atoms with van der Waals surface area (Å²) < 4.78 is 36.2. The second kappa shape index (κ2) is 11.1. The van der Waals surface area contributed by atoms with E-state index in [1.165, 1.54) is 32.3 Å². The molecule has 0 radical (unpaired) electrons. The van der Waals surface area contributed by atoms with Crippen molar-refractivity contribution in [3.8, 4) is 5.75 Å². The monoisotopic (exact) mass is 468 g/mol. The molecule has 0 atom stereocenters. The first-order valence-corrected chi connectivity index (χ1v) is 11.3. The summed E-state index contributed by atoms with van der Waals surface area (Å²) in [6.07, 6.45) is 0.503. The minimum atomic E-state index is -3.78. The van der Waals surface area contributed by atoms with Crippen LogP contribution >= 0.6 is 11.6 Å².